The molecule has 0 aliphatic carbocycles. The fourth-order valence-electron chi connectivity index (χ4n) is 2.18. The molecule has 0 saturated heterocycles. The predicted octanol–water partition coefficient (Wildman–Crippen LogP) is 1.77. The Balaban J connectivity index is 1.63. The molecule has 0 fully saturated rings. The van der Waals surface area contributed by atoms with Crippen LogP contribution in [0.1, 0.15) is 15.9 Å². The number of hydrogen-bond donors (Lipinski definition) is 1. The molecule has 0 saturated carbocycles. The van der Waals surface area contributed by atoms with Gasteiger partial charge >= 0.3 is 0 Å². The molecule has 0 spiro atoms. The molecule has 1 N–H and O–H groups in total. The number of carbonyl (C=O) groups is 1. The van der Waals surface area contributed by atoms with Gasteiger partial charge in [0.1, 0.15) is 12.1 Å². The second-order valence-corrected chi connectivity index (χ2v) is 4.90. The molecule has 0 unspecified atom stereocenters. The molecule has 0 bridgehead atoms. The van der Waals surface area contributed by atoms with Crippen molar-refractivity contribution >= 4 is 5.91 Å². The highest BCUT2D eigenvalue weighted by atomic mass is 19.1. The molecule has 1 heterocycles. The number of benzene rings is 2. The number of carbonyl (C=O) groups excluding carboxylic acids is 1. The van der Waals surface area contributed by atoms with Gasteiger partial charge in [0.2, 0.25) is 0 Å². The zero-order valence-corrected chi connectivity index (χ0v) is 12.2. The van der Waals surface area contributed by atoms with Crippen LogP contribution in [0.15, 0.2) is 54.9 Å². The molecule has 116 valence electrons. The van der Waals surface area contributed by atoms with E-state index in [1.165, 1.54) is 17.1 Å². The molecule has 2 aromatic carbocycles. The van der Waals surface area contributed by atoms with Crippen LogP contribution in [0.3, 0.4) is 0 Å². The Morgan fingerprint density at radius 1 is 1.17 bits per heavy atom. The van der Waals surface area contributed by atoms with Gasteiger partial charge in [0.25, 0.3) is 5.91 Å². The summed E-state index contributed by atoms with van der Waals surface area (Å²) in [7, 11) is 0. The van der Waals surface area contributed by atoms with Gasteiger partial charge in [0.15, 0.2) is 0 Å². The first kappa shape index (κ1) is 14.8. The lowest BCUT2D eigenvalue weighted by molar-refractivity contribution is 0.0954. The monoisotopic (exact) mass is 311 g/mol. The summed E-state index contributed by atoms with van der Waals surface area (Å²) in [6.45, 7) is 0.356. The van der Waals surface area contributed by atoms with Crippen molar-refractivity contribution in [2.24, 2.45) is 0 Å². The summed E-state index contributed by atoms with van der Waals surface area (Å²) in [5.74, 6) is -0.487. The molecular formula is C16H14FN5O. The summed E-state index contributed by atoms with van der Waals surface area (Å²) in [5, 5.41) is 13.7. The molecule has 3 aromatic rings. The number of aromatic nitrogens is 4. The zero-order valence-electron chi connectivity index (χ0n) is 12.2. The Hall–Kier alpha value is -3.09. The minimum Gasteiger partial charge on any atom is -0.352 e. The highest BCUT2D eigenvalue weighted by molar-refractivity contribution is 5.94. The van der Waals surface area contributed by atoms with Crippen LogP contribution in [-0.2, 0) is 6.42 Å². The zero-order chi connectivity index (χ0) is 16.1. The maximum atomic E-state index is 13.5. The van der Waals surface area contributed by atoms with Crippen LogP contribution in [0.5, 0.6) is 0 Å². The average Bonchev–Trinajstić information content (AvgIpc) is 3.11. The van der Waals surface area contributed by atoms with E-state index in [2.05, 4.69) is 20.8 Å². The van der Waals surface area contributed by atoms with Gasteiger partial charge in [0, 0.05) is 12.1 Å². The number of nitrogens with zero attached hydrogens (tertiary/aromatic N) is 4. The summed E-state index contributed by atoms with van der Waals surface area (Å²) in [4.78, 5) is 12.2. The predicted molar refractivity (Wildman–Crippen MR) is 81.6 cm³/mol. The molecule has 1 amide bonds. The van der Waals surface area contributed by atoms with Gasteiger partial charge in [0.05, 0.1) is 5.69 Å². The molecule has 3 rings (SSSR count). The highest BCUT2D eigenvalue weighted by Crippen LogP contribution is 2.09. The van der Waals surface area contributed by atoms with Crippen LogP contribution in [0.25, 0.3) is 5.69 Å². The molecular weight excluding hydrogens is 297 g/mol. The normalized spacial score (nSPS) is 10.5. The van der Waals surface area contributed by atoms with Gasteiger partial charge in [-0.25, -0.2) is 9.07 Å². The van der Waals surface area contributed by atoms with Crippen molar-refractivity contribution in [3.8, 4) is 5.69 Å². The molecule has 0 radical (unpaired) electrons. The number of hydrogen-bond acceptors (Lipinski definition) is 4. The maximum Gasteiger partial charge on any atom is 0.251 e. The van der Waals surface area contributed by atoms with E-state index in [1.54, 1.807) is 42.5 Å². The van der Waals surface area contributed by atoms with E-state index in [0.29, 0.717) is 29.8 Å². The van der Waals surface area contributed by atoms with Crippen molar-refractivity contribution in [3.05, 3.63) is 71.8 Å². The van der Waals surface area contributed by atoms with Crippen LogP contribution in [0.2, 0.25) is 0 Å². The van der Waals surface area contributed by atoms with Crippen molar-refractivity contribution in [2.75, 3.05) is 6.54 Å². The van der Waals surface area contributed by atoms with Crippen molar-refractivity contribution in [1.29, 1.82) is 0 Å². The maximum absolute atomic E-state index is 13.5. The van der Waals surface area contributed by atoms with E-state index in [4.69, 9.17) is 0 Å². The van der Waals surface area contributed by atoms with Crippen LogP contribution in [0.4, 0.5) is 4.39 Å². The molecule has 1 aromatic heterocycles. The van der Waals surface area contributed by atoms with E-state index in [0.717, 1.165) is 0 Å². The lowest BCUT2D eigenvalue weighted by Crippen LogP contribution is -2.26. The SMILES string of the molecule is O=C(NCCc1ccccc1F)c1cccc(-n2cnnn2)c1. The van der Waals surface area contributed by atoms with Crippen LogP contribution >= 0.6 is 0 Å². The summed E-state index contributed by atoms with van der Waals surface area (Å²) >= 11 is 0. The second-order valence-electron chi connectivity index (χ2n) is 4.90. The molecule has 23 heavy (non-hydrogen) atoms. The number of nitrogens with one attached hydrogen (secondary N) is 1. The van der Waals surface area contributed by atoms with E-state index < -0.39 is 0 Å². The van der Waals surface area contributed by atoms with Gasteiger partial charge < -0.3 is 5.32 Å². The van der Waals surface area contributed by atoms with Gasteiger partial charge in [-0.3, -0.25) is 4.79 Å². The van der Waals surface area contributed by atoms with Crippen LogP contribution in [-0.4, -0.2) is 32.7 Å². The summed E-state index contributed by atoms with van der Waals surface area (Å²) in [6, 6.07) is 13.5. The summed E-state index contributed by atoms with van der Waals surface area (Å²) in [6.07, 6.45) is 1.89. The fourth-order valence-corrected chi connectivity index (χ4v) is 2.18. The number of tetrazole rings is 1. The third kappa shape index (κ3) is 3.57. The van der Waals surface area contributed by atoms with E-state index >= 15 is 0 Å². The Kier molecular flexibility index (Phi) is 4.37. The van der Waals surface area contributed by atoms with E-state index in [9.17, 15) is 9.18 Å². The summed E-state index contributed by atoms with van der Waals surface area (Å²) in [5.41, 5.74) is 1.76. The molecule has 0 atom stereocenters. The quantitative estimate of drug-likeness (QED) is 0.779. The first-order chi connectivity index (χ1) is 11.2. The first-order valence-corrected chi connectivity index (χ1v) is 7.09. The lowest BCUT2D eigenvalue weighted by atomic mass is 10.1. The largest absolute Gasteiger partial charge is 0.352 e. The standard InChI is InChI=1S/C16H14FN5O/c17-15-7-2-1-4-12(15)8-9-18-16(23)13-5-3-6-14(10-13)22-11-19-20-21-22/h1-7,10-11H,8-9H2,(H,18,23). The Labute approximate surface area is 132 Å². The highest BCUT2D eigenvalue weighted by Gasteiger charge is 2.08. The van der Waals surface area contributed by atoms with Crippen LogP contribution in [0, 0.1) is 5.82 Å². The average molecular weight is 311 g/mol. The molecule has 6 nitrogen and oxygen atoms in total. The number of amides is 1. The van der Waals surface area contributed by atoms with E-state index in [-0.39, 0.29) is 11.7 Å². The van der Waals surface area contributed by atoms with Crippen molar-refractivity contribution in [3.63, 3.8) is 0 Å². The Bertz CT molecular complexity index is 804. The van der Waals surface area contributed by atoms with Crippen molar-refractivity contribution < 1.29 is 9.18 Å². The number of halogens is 1. The topological polar surface area (TPSA) is 72.7 Å². The molecule has 0 aliphatic heterocycles. The first-order valence-electron chi connectivity index (χ1n) is 7.09. The van der Waals surface area contributed by atoms with Gasteiger partial charge in [-0.05, 0) is 46.7 Å². The van der Waals surface area contributed by atoms with Gasteiger partial charge in [-0.15, -0.1) is 5.10 Å². The van der Waals surface area contributed by atoms with Gasteiger partial charge in [-0.1, -0.05) is 24.3 Å². The smallest absolute Gasteiger partial charge is 0.251 e. The van der Waals surface area contributed by atoms with Crippen molar-refractivity contribution in [1.82, 2.24) is 25.5 Å². The lowest BCUT2D eigenvalue weighted by Gasteiger charge is -2.07. The number of rotatable bonds is 5. The van der Waals surface area contributed by atoms with Crippen molar-refractivity contribution in [2.45, 2.75) is 6.42 Å². The van der Waals surface area contributed by atoms with Gasteiger partial charge in [-0.2, -0.15) is 0 Å². The molecule has 0 aliphatic rings. The fraction of sp³-hybridized carbons (Fsp3) is 0.125. The van der Waals surface area contributed by atoms with Crippen LogP contribution < -0.4 is 5.32 Å². The molecule has 7 heteroatoms. The second kappa shape index (κ2) is 6.78. The van der Waals surface area contributed by atoms with E-state index in [1.807, 2.05) is 0 Å². The minimum atomic E-state index is -0.262. The summed E-state index contributed by atoms with van der Waals surface area (Å²) < 4.78 is 15.0. The Morgan fingerprint density at radius 2 is 2.04 bits per heavy atom. The third-order valence-corrected chi connectivity index (χ3v) is 3.36. The Morgan fingerprint density at radius 3 is 2.83 bits per heavy atom. The minimum absolute atomic E-state index is 0.226. The third-order valence-electron chi connectivity index (χ3n) is 3.36.